The van der Waals surface area contributed by atoms with Crippen molar-refractivity contribution in [3.8, 4) is 0 Å². The average Bonchev–Trinajstić information content (AvgIpc) is 2.02. The zero-order valence-corrected chi connectivity index (χ0v) is 9.17. The monoisotopic (exact) mass is 197 g/mol. The largest absolute Gasteiger partial charge is 0.444 e. The van der Waals surface area contributed by atoms with Crippen molar-refractivity contribution in [3.05, 3.63) is 12.2 Å². The topological polar surface area (TPSA) is 38.3 Å². The standard InChI is InChI=1S/C11H19NO2/c1-11(2,3)14-10(13)12-9-7-5-4-6-8-9/h4-5,9H,6-8H2,1-3H3,(H,12,13)/t9-/m0/s1. The molecule has 1 atom stereocenters. The van der Waals surface area contributed by atoms with Gasteiger partial charge in [-0.15, -0.1) is 0 Å². The van der Waals surface area contributed by atoms with Gasteiger partial charge in [-0.25, -0.2) is 4.79 Å². The molecule has 80 valence electrons. The van der Waals surface area contributed by atoms with Crippen LogP contribution in [-0.4, -0.2) is 17.7 Å². The number of alkyl carbamates (subject to hydrolysis) is 1. The molecule has 0 spiro atoms. The maximum absolute atomic E-state index is 11.4. The number of ether oxygens (including phenoxy) is 1. The number of nitrogens with one attached hydrogen (secondary N) is 1. The highest BCUT2D eigenvalue weighted by Gasteiger charge is 2.19. The van der Waals surface area contributed by atoms with Gasteiger partial charge in [0.15, 0.2) is 0 Å². The summed E-state index contributed by atoms with van der Waals surface area (Å²) in [6, 6.07) is 0.245. The molecule has 0 unspecified atom stereocenters. The van der Waals surface area contributed by atoms with Crippen molar-refractivity contribution in [2.45, 2.75) is 51.7 Å². The van der Waals surface area contributed by atoms with Crippen molar-refractivity contribution in [1.29, 1.82) is 0 Å². The summed E-state index contributed by atoms with van der Waals surface area (Å²) < 4.78 is 5.17. The second kappa shape index (κ2) is 4.49. The van der Waals surface area contributed by atoms with Gasteiger partial charge in [-0.2, -0.15) is 0 Å². The Hall–Kier alpha value is -0.990. The molecule has 0 saturated carbocycles. The van der Waals surface area contributed by atoms with Crippen LogP contribution in [0.4, 0.5) is 4.79 Å². The second-order valence-corrected chi connectivity index (χ2v) is 4.63. The van der Waals surface area contributed by atoms with Crippen LogP contribution < -0.4 is 5.32 Å². The zero-order chi connectivity index (χ0) is 10.6. The summed E-state index contributed by atoms with van der Waals surface area (Å²) in [4.78, 5) is 11.4. The van der Waals surface area contributed by atoms with E-state index in [1.165, 1.54) is 0 Å². The van der Waals surface area contributed by atoms with Gasteiger partial charge >= 0.3 is 6.09 Å². The van der Waals surface area contributed by atoms with Crippen molar-refractivity contribution in [2.24, 2.45) is 0 Å². The van der Waals surface area contributed by atoms with Crippen LogP contribution in [0.15, 0.2) is 12.2 Å². The lowest BCUT2D eigenvalue weighted by Crippen LogP contribution is -2.39. The Kier molecular flexibility index (Phi) is 3.55. The molecule has 0 aromatic heterocycles. The third-order valence-corrected chi connectivity index (χ3v) is 1.99. The predicted molar refractivity (Wildman–Crippen MR) is 56.1 cm³/mol. The van der Waals surface area contributed by atoms with Crippen LogP contribution in [0.25, 0.3) is 0 Å². The quantitative estimate of drug-likeness (QED) is 0.656. The van der Waals surface area contributed by atoms with E-state index in [2.05, 4.69) is 17.5 Å². The molecule has 0 aliphatic heterocycles. The van der Waals surface area contributed by atoms with Gasteiger partial charge in [0.25, 0.3) is 0 Å². The molecule has 0 radical (unpaired) electrons. The predicted octanol–water partition coefficient (Wildman–Crippen LogP) is 2.62. The first-order valence-corrected chi connectivity index (χ1v) is 5.12. The lowest BCUT2D eigenvalue weighted by atomic mass is 10.0. The first-order chi connectivity index (χ1) is 6.47. The molecule has 3 nitrogen and oxygen atoms in total. The highest BCUT2D eigenvalue weighted by atomic mass is 16.6. The van der Waals surface area contributed by atoms with E-state index in [1.807, 2.05) is 20.8 Å². The lowest BCUT2D eigenvalue weighted by molar-refractivity contribution is 0.0501. The summed E-state index contributed by atoms with van der Waals surface area (Å²) in [6.45, 7) is 5.61. The van der Waals surface area contributed by atoms with Crippen LogP contribution in [0.5, 0.6) is 0 Å². The van der Waals surface area contributed by atoms with Gasteiger partial charge in [-0.3, -0.25) is 0 Å². The maximum Gasteiger partial charge on any atom is 0.407 e. The number of carbonyl (C=O) groups is 1. The SMILES string of the molecule is CC(C)(C)OC(=O)N[C@H]1CC=CCC1. The smallest absolute Gasteiger partial charge is 0.407 e. The Balaban J connectivity index is 2.30. The zero-order valence-electron chi connectivity index (χ0n) is 9.17. The molecule has 0 fully saturated rings. The normalized spacial score (nSPS) is 21.8. The molecule has 1 N–H and O–H groups in total. The van der Waals surface area contributed by atoms with Gasteiger partial charge in [0.1, 0.15) is 5.60 Å². The summed E-state index contributed by atoms with van der Waals surface area (Å²) in [5.41, 5.74) is -0.408. The number of hydrogen-bond acceptors (Lipinski definition) is 2. The molecule has 0 bridgehead atoms. The second-order valence-electron chi connectivity index (χ2n) is 4.63. The van der Waals surface area contributed by atoms with E-state index in [0.29, 0.717) is 0 Å². The summed E-state index contributed by atoms with van der Waals surface area (Å²) in [6.07, 6.45) is 6.91. The Bertz CT molecular complexity index is 228. The fraction of sp³-hybridized carbons (Fsp3) is 0.727. The highest BCUT2D eigenvalue weighted by Crippen LogP contribution is 2.12. The third-order valence-electron chi connectivity index (χ3n) is 1.99. The molecule has 1 aliphatic carbocycles. The molecule has 0 heterocycles. The van der Waals surface area contributed by atoms with E-state index < -0.39 is 5.60 Å². The number of amides is 1. The van der Waals surface area contributed by atoms with Gasteiger partial charge in [0, 0.05) is 6.04 Å². The van der Waals surface area contributed by atoms with Gasteiger partial charge in [0.2, 0.25) is 0 Å². The van der Waals surface area contributed by atoms with E-state index in [-0.39, 0.29) is 12.1 Å². The van der Waals surface area contributed by atoms with Gasteiger partial charge < -0.3 is 10.1 Å². The van der Waals surface area contributed by atoms with Crippen molar-refractivity contribution < 1.29 is 9.53 Å². The lowest BCUT2D eigenvalue weighted by Gasteiger charge is -2.24. The Morgan fingerprint density at radius 3 is 2.64 bits per heavy atom. The fourth-order valence-electron chi connectivity index (χ4n) is 1.40. The van der Waals surface area contributed by atoms with Crippen LogP contribution in [0.2, 0.25) is 0 Å². The van der Waals surface area contributed by atoms with E-state index in [1.54, 1.807) is 0 Å². The average molecular weight is 197 g/mol. The maximum atomic E-state index is 11.4. The summed E-state index contributed by atoms with van der Waals surface area (Å²) >= 11 is 0. The van der Waals surface area contributed by atoms with Crippen molar-refractivity contribution >= 4 is 6.09 Å². The summed E-state index contributed by atoms with van der Waals surface area (Å²) in [7, 11) is 0. The molecular formula is C11H19NO2. The van der Waals surface area contributed by atoms with Crippen LogP contribution in [0, 0.1) is 0 Å². The minimum atomic E-state index is -0.408. The van der Waals surface area contributed by atoms with Gasteiger partial charge in [0.05, 0.1) is 0 Å². The summed E-state index contributed by atoms with van der Waals surface area (Å²) in [5.74, 6) is 0. The van der Waals surface area contributed by atoms with Crippen LogP contribution >= 0.6 is 0 Å². The third kappa shape index (κ3) is 4.30. The Morgan fingerprint density at radius 2 is 2.14 bits per heavy atom. The molecule has 0 aromatic carbocycles. The molecule has 14 heavy (non-hydrogen) atoms. The molecule has 1 amide bonds. The van der Waals surface area contributed by atoms with Crippen LogP contribution in [0.3, 0.4) is 0 Å². The molecular weight excluding hydrogens is 178 g/mol. The van der Waals surface area contributed by atoms with Crippen molar-refractivity contribution in [2.75, 3.05) is 0 Å². The fourth-order valence-corrected chi connectivity index (χ4v) is 1.40. The van der Waals surface area contributed by atoms with E-state index >= 15 is 0 Å². The first kappa shape index (κ1) is 11.1. The Labute approximate surface area is 85.5 Å². The van der Waals surface area contributed by atoms with Crippen LogP contribution in [0.1, 0.15) is 40.0 Å². The molecule has 1 rings (SSSR count). The summed E-state index contributed by atoms with van der Waals surface area (Å²) in [5, 5.41) is 2.86. The first-order valence-electron chi connectivity index (χ1n) is 5.12. The molecule has 0 saturated heterocycles. The van der Waals surface area contributed by atoms with Crippen molar-refractivity contribution in [1.82, 2.24) is 5.32 Å². The number of hydrogen-bond donors (Lipinski definition) is 1. The number of carbonyl (C=O) groups excluding carboxylic acids is 1. The van der Waals surface area contributed by atoms with E-state index in [9.17, 15) is 4.79 Å². The van der Waals surface area contributed by atoms with E-state index in [0.717, 1.165) is 19.3 Å². The number of rotatable bonds is 1. The van der Waals surface area contributed by atoms with Crippen molar-refractivity contribution in [3.63, 3.8) is 0 Å². The highest BCUT2D eigenvalue weighted by molar-refractivity contribution is 5.68. The van der Waals surface area contributed by atoms with Gasteiger partial charge in [-0.1, -0.05) is 12.2 Å². The van der Waals surface area contributed by atoms with E-state index in [4.69, 9.17) is 4.74 Å². The minimum Gasteiger partial charge on any atom is -0.444 e. The number of allylic oxidation sites excluding steroid dienone is 1. The molecule has 1 aliphatic rings. The minimum absolute atomic E-state index is 0.245. The van der Waals surface area contributed by atoms with Crippen LogP contribution in [-0.2, 0) is 4.74 Å². The van der Waals surface area contributed by atoms with Gasteiger partial charge in [-0.05, 0) is 40.0 Å². The molecule has 3 heteroatoms. The molecule has 0 aromatic rings. The Morgan fingerprint density at radius 1 is 1.43 bits per heavy atom.